The molecule has 0 aromatic carbocycles. The van der Waals surface area contributed by atoms with E-state index in [0.717, 1.165) is 0 Å². The van der Waals surface area contributed by atoms with Crippen LogP contribution in [0.3, 0.4) is 0 Å². The molecule has 0 aliphatic carbocycles. The third-order valence-corrected chi connectivity index (χ3v) is 2.40. The van der Waals surface area contributed by atoms with Crippen molar-refractivity contribution in [2.75, 3.05) is 0 Å². The third kappa shape index (κ3) is 2.11. The van der Waals surface area contributed by atoms with Crippen LogP contribution in [0.2, 0.25) is 0 Å². The number of halogens is 2. The fourth-order valence-corrected chi connectivity index (χ4v) is 1.48. The van der Waals surface area contributed by atoms with E-state index >= 15 is 0 Å². The Balaban J connectivity index is 2.65. The molecule has 0 unspecified atom stereocenters. The minimum Gasteiger partial charge on any atom is -0.232 e. The SMILES string of the molecule is Cc1nc(C(F)F)cc2nc(C(C)(C)C)nn12. The van der Waals surface area contributed by atoms with Gasteiger partial charge in [0.2, 0.25) is 0 Å². The molecule has 0 spiro atoms. The average molecular weight is 240 g/mol. The maximum Gasteiger partial charge on any atom is 0.280 e. The Labute approximate surface area is 97.7 Å². The van der Waals surface area contributed by atoms with Gasteiger partial charge in [0.05, 0.1) is 0 Å². The summed E-state index contributed by atoms with van der Waals surface area (Å²) in [4.78, 5) is 8.07. The second-order valence-corrected chi connectivity index (χ2v) is 4.98. The summed E-state index contributed by atoms with van der Waals surface area (Å²) >= 11 is 0. The predicted octanol–water partition coefficient (Wildman–Crippen LogP) is 2.67. The number of alkyl halides is 2. The maximum absolute atomic E-state index is 12.6. The molecule has 2 heterocycles. The van der Waals surface area contributed by atoms with Gasteiger partial charge in [-0.2, -0.15) is 4.52 Å². The summed E-state index contributed by atoms with van der Waals surface area (Å²) < 4.78 is 26.7. The van der Waals surface area contributed by atoms with Gasteiger partial charge in [0, 0.05) is 11.5 Å². The monoisotopic (exact) mass is 240 g/mol. The first-order chi connectivity index (χ1) is 7.79. The molecule has 0 saturated carbocycles. The second-order valence-electron chi connectivity index (χ2n) is 4.98. The van der Waals surface area contributed by atoms with Crippen molar-refractivity contribution in [1.82, 2.24) is 19.6 Å². The van der Waals surface area contributed by atoms with Crippen LogP contribution in [0.5, 0.6) is 0 Å². The van der Waals surface area contributed by atoms with Crippen molar-refractivity contribution >= 4 is 5.65 Å². The van der Waals surface area contributed by atoms with Crippen LogP contribution in [0.25, 0.3) is 5.65 Å². The number of rotatable bonds is 1. The van der Waals surface area contributed by atoms with Crippen molar-refractivity contribution in [3.63, 3.8) is 0 Å². The number of aromatic nitrogens is 4. The molecule has 0 amide bonds. The number of hydrogen-bond acceptors (Lipinski definition) is 3. The molecular formula is C11H14F2N4. The molecule has 2 rings (SSSR count). The van der Waals surface area contributed by atoms with E-state index in [-0.39, 0.29) is 11.1 Å². The van der Waals surface area contributed by atoms with Gasteiger partial charge in [-0.3, -0.25) is 0 Å². The van der Waals surface area contributed by atoms with Gasteiger partial charge >= 0.3 is 0 Å². The van der Waals surface area contributed by atoms with E-state index in [1.807, 2.05) is 20.8 Å². The first kappa shape index (κ1) is 11.9. The Morgan fingerprint density at radius 3 is 2.41 bits per heavy atom. The van der Waals surface area contributed by atoms with E-state index in [9.17, 15) is 8.78 Å². The lowest BCUT2D eigenvalue weighted by molar-refractivity contribution is 0.145. The Morgan fingerprint density at radius 2 is 1.88 bits per heavy atom. The summed E-state index contributed by atoms with van der Waals surface area (Å²) in [6, 6.07) is 1.28. The number of hydrogen-bond donors (Lipinski definition) is 0. The summed E-state index contributed by atoms with van der Waals surface area (Å²) in [6.45, 7) is 7.55. The second kappa shape index (κ2) is 3.72. The van der Waals surface area contributed by atoms with Crippen molar-refractivity contribution in [1.29, 1.82) is 0 Å². The molecule has 0 bridgehead atoms. The lowest BCUT2D eigenvalue weighted by Gasteiger charge is -2.11. The lowest BCUT2D eigenvalue weighted by atomic mass is 9.96. The summed E-state index contributed by atoms with van der Waals surface area (Å²) in [5.41, 5.74) is -0.0655. The Kier molecular flexibility index (Phi) is 2.60. The van der Waals surface area contributed by atoms with Crippen molar-refractivity contribution in [2.24, 2.45) is 0 Å². The highest BCUT2D eigenvalue weighted by Crippen LogP contribution is 2.22. The van der Waals surface area contributed by atoms with Crippen LogP contribution in [0.15, 0.2) is 6.07 Å². The first-order valence-electron chi connectivity index (χ1n) is 5.32. The van der Waals surface area contributed by atoms with Gasteiger partial charge in [0.1, 0.15) is 11.5 Å². The molecule has 0 fully saturated rings. The zero-order valence-electron chi connectivity index (χ0n) is 10.2. The van der Waals surface area contributed by atoms with Gasteiger partial charge in [0.25, 0.3) is 6.43 Å². The molecule has 6 heteroatoms. The van der Waals surface area contributed by atoms with E-state index < -0.39 is 6.43 Å². The van der Waals surface area contributed by atoms with Crippen LogP contribution in [-0.4, -0.2) is 19.6 Å². The molecule has 2 aromatic heterocycles. The Morgan fingerprint density at radius 1 is 1.24 bits per heavy atom. The maximum atomic E-state index is 12.6. The lowest BCUT2D eigenvalue weighted by Crippen LogP contribution is -2.13. The number of fused-ring (bicyclic) bond motifs is 1. The molecule has 17 heavy (non-hydrogen) atoms. The van der Waals surface area contributed by atoms with Gasteiger partial charge in [-0.25, -0.2) is 18.7 Å². The minimum atomic E-state index is -2.59. The summed E-state index contributed by atoms with van der Waals surface area (Å²) in [7, 11) is 0. The number of aryl methyl sites for hydroxylation is 1. The molecule has 0 N–H and O–H groups in total. The zero-order chi connectivity index (χ0) is 12.8. The van der Waals surface area contributed by atoms with Gasteiger partial charge in [-0.1, -0.05) is 20.8 Å². The molecule has 4 nitrogen and oxygen atoms in total. The fraction of sp³-hybridized carbons (Fsp3) is 0.545. The van der Waals surface area contributed by atoms with E-state index in [2.05, 4.69) is 15.1 Å². The fourth-order valence-electron chi connectivity index (χ4n) is 1.48. The third-order valence-electron chi connectivity index (χ3n) is 2.40. The van der Waals surface area contributed by atoms with Gasteiger partial charge in [0.15, 0.2) is 11.5 Å². The van der Waals surface area contributed by atoms with Crippen molar-refractivity contribution < 1.29 is 8.78 Å². The molecule has 0 atom stereocenters. The highest BCUT2D eigenvalue weighted by atomic mass is 19.3. The average Bonchev–Trinajstić information content (AvgIpc) is 2.60. The topological polar surface area (TPSA) is 43.1 Å². The standard InChI is InChI=1S/C11H14F2N4/c1-6-14-7(9(12)13)5-8-15-10(11(2,3)4)16-17(6)8/h5,9H,1-4H3. The molecule has 0 saturated heterocycles. The van der Waals surface area contributed by atoms with Gasteiger partial charge < -0.3 is 0 Å². The van der Waals surface area contributed by atoms with Crippen molar-refractivity contribution in [2.45, 2.75) is 39.5 Å². The minimum absolute atomic E-state index is 0.219. The summed E-state index contributed by atoms with van der Waals surface area (Å²) in [5.74, 6) is 1.04. The smallest absolute Gasteiger partial charge is 0.232 e. The normalized spacial score (nSPS) is 12.6. The van der Waals surface area contributed by atoms with E-state index in [0.29, 0.717) is 17.3 Å². The van der Waals surface area contributed by atoms with Crippen LogP contribution in [0.1, 0.15) is 44.5 Å². The van der Waals surface area contributed by atoms with Crippen LogP contribution >= 0.6 is 0 Å². The summed E-state index contributed by atoms with van der Waals surface area (Å²) in [6.07, 6.45) is -2.59. The number of nitrogens with zero attached hydrogens (tertiary/aromatic N) is 4. The van der Waals surface area contributed by atoms with Gasteiger partial charge in [-0.15, -0.1) is 5.10 Å². The molecule has 2 aromatic rings. The van der Waals surface area contributed by atoms with Crippen LogP contribution in [-0.2, 0) is 5.41 Å². The first-order valence-corrected chi connectivity index (χ1v) is 5.32. The Hall–Kier alpha value is -1.59. The predicted molar refractivity (Wildman–Crippen MR) is 59.2 cm³/mol. The quantitative estimate of drug-likeness (QED) is 0.769. The molecule has 92 valence electrons. The van der Waals surface area contributed by atoms with Gasteiger partial charge in [-0.05, 0) is 6.92 Å². The van der Waals surface area contributed by atoms with E-state index in [1.165, 1.54) is 10.6 Å². The highest BCUT2D eigenvalue weighted by molar-refractivity contribution is 5.40. The largest absolute Gasteiger partial charge is 0.280 e. The van der Waals surface area contributed by atoms with Crippen molar-refractivity contribution in [3.8, 4) is 0 Å². The molecule has 0 aliphatic heterocycles. The molecular weight excluding hydrogens is 226 g/mol. The highest BCUT2D eigenvalue weighted by Gasteiger charge is 2.21. The molecule has 0 aliphatic rings. The van der Waals surface area contributed by atoms with E-state index in [4.69, 9.17) is 0 Å². The molecule has 0 radical (unpaired) electrons. The summed E-state index contributed by atoms with van der Waals surface area (Å²) in [5, 5.41) is 4.28. The van der Waals surface area contributed by atoms with Crippen LogP contribution < -0.4 is 0 Å². The van der Waals surface area contributed by atoms with Crippen LogP contribution in [0.4, 0.5) is 8.78 Å². The zero-order valence-corrected chi connectivity index (χ0v) is 10.2. The van der Waals surface area contributed by atoms with Crippen molar-refractivity contribution in [3.05, 3.63) is 23.4 Å². The van der Waals surface area contributed by atoms with E-state index in [1.54, 1.807) is 6.92 Å². The van der Waals surface area contributed by atoms with Crippen LogP contribution in [0, 0.1) is 6.92 Å². The Bertz CT molecular complexity index is 554.